The number of ether oxygens (including phenoxy) is 1. The first-order valence-corrected chi connectivity index (χ1v) is 6.94. The summed E-state index contributed by atoms with van der Waals surface area (Å²) in [6.07, 6.45) is -0.440. The Hall–Kier alpha value is -0.120. The molecule has 1 amide bonds. The summed E-state index contributed by atoms with van der Waals surface area (Å²) in [5.41, 5.74) is 0. The van der Waals surface area contributed by atoms with E-state index < -0.39 is 6.09 Å². The summed E-state index contributed by atoms with van der Waals surface area (Å²) in [5.74, 6) is 0.225. The van der Waals surface area contributed by atoms with Crippen molar-refractivity contribution in [1.82, 2.24) is 9.88 Å². The van der Waals surface area contributed by atoms with Crippen molar-refractivity contribution < 1.29 is 10.9 Å². The van der Waals surface area contributed by atoms with Crippen LogP contribution in [0.2, 0.25) is 0 Å². The zero-order valence-corrected chi connectivity index (χ0v) is 13.3. The lowest BCUT2D eigenvalue weighted by Crippen LogP contribution is -2.33. The van der Waals surface area contributed by atoms with Crippen LogP contribution in [0.5, 0.6) is 5.75 Å². The second-order valence-electron chi connectivity index (χ2n) is 2.88. The molecule has 0 saturated heterocycles. The number of carbonyl (C=O) groups excluding carboxylic acids is 1. The standard InChI is InChI=1S/C10H12I2N2O2/c1-3-14(4-2)10(15)16-7-5-6-8(11)13-9(7)12/h5-6H,3-4H2,1-2H3/i5D. The number of halogens is 2. The molecule has 1 aromatic rings. The quantitative estimate of drug-likeness (QED) is 0.529. The molecule has 0 aliphatic carbocycles. The smallest absolute Gasteiger partial charge is 0.407 e. The Bertz CT molecular complexity index is 402. The van der Waals surface area contributed by atoms with Gasteiger partial charge >= 0.3 is 6.09 Å². The minimum atomic E-state index is -0.440. The summed E-state index contributed by atoms with van der Waals surface area (Å²) < 4.78 is 14.2. The Morgan fingerprint density at radius 3 is 2.69 bits per heavy atom. The van der Waals surface area contributed by atoms with E-state index in [2.05, 4.69) is 4.98 Å². The number of carbonyl (C=O) groups is 1. The molecule has 4 nitrogen and oxygen atoms in total. The minimum Gasteiger partial charge on any atom is -0.407 e. The third kappa shape index (κ3) is 3.72. The predicted octanol–water partition coefficient (Wildman–Crippen LogP) is 3.13. The molecule has 16 heavy (non-hydrogen) atoms. The lowest BCUT2D eigenvalue weighted by Gasteiger charge is -2.18. The molecule has 1 aromatic heterocycles. The maximum atomic E-state index is 11.8. The molecule has 1 heterocycles. The van der Waals surface area contributed by atoms with Gasteiger partial charge in [-0.15, -0.1) is 0 Å². The molecule has 0 aromatic carbocycles. The Morgan fingerprint density at radius 2 is 2.19 bits per heavy atom. The Balaban J connectivity index is 2.92. The zero-order valence-electron chi connectivity index (χ0n) is 9.96. The third-order valence-corrected chi connectivity index (χ3v) is 3.21. The van der Waals surface area contributed by atoms with E-state index in [1.54, 1.807) is 11.0 Å². The number of nitrogens with zero attached hydrogens (tertiary/aromatic N) is 2. The van der Waals surface area contributed by atoms with Crippen LogP contribution in [0.15, 0.2) is 12.1 Å². The predicted molar refractivity (Wildman–Crippen MR) is 78.6 cm³/mol. The van der Waals surface area contributed by atoms with Gasteiger partial charge in [-0.25, -0.2) is 9.78 Å². The number of pyridine rings is 1. The largest absolute Gasteiger partial charge is 0.415 e. The summed E-state index contributed by atoms with van der Waals surface area (Å²) in [4.78, 5) is 17.5. The Morgan fingerprint density at radius 1 is 1.56 bits per heavy atom. The van der Waals surface area contributed by atoms with Crippen molar-refractivity contribution in [2.24, 2.45) is 0 Å². The molecule has 1 rings (SSSR count). The molecule has 0 spiro atoms. The van der Waals surface area contributed by atoms with Gasteiger partial charge in [0.15, 0.2) is 5.75 Å². The van der Waals surface area contributed by atoms with Crippen LogP contribution in [-0.2, 0) is 0 Å². The second kappa shape index (κ2) is 6.58. The van der Waals surface area contributed by atoms with Crippen LogP contribution in [0.3, 0.4) is 0 Å². The average Bonchev–Trinajstić information content (AvgIpc) is 2.25. The summed E-state index contributed by atoms with van der Waals surface area (Å²) in [6.45, 7) is 4.92. The van der Waals surface area contributed by atoms with Crippen LogP contribution in [0.1, 0.15) is 15.2 Å². The molecule has 0 bridgehead atoms. The van der Waals surface area contributed by atoms with Crippen molar-refractivity contribution in [1.29, 1.82) is 0 Å². The van der Waals surface area contributed by atoms with E-state index in [9.17, 15) is 4.79 Å². The van der Waals surface area contributed by atoms with Crippen LogP contribution in [0, 0.1) is 7.40 Å². The first-order valence-electron chi connectivity index (χ1n) is 5.29. The van der Waals surface area contributed by atoms with Crippen LogP contribution < -0.4 is 4.74 Å². The highest BCUT2D eigenvalue weighted by atomic mass is 127. The Kier molecular flexibility index (Phi) is 5.07. The van der Waals surface area contributed by atoms with E-state index in [1.807, 2.05) is 59.0 Å². The number of rotatable bonds is 3. The fourth-order valence-corrected chi connectivity index (χ4v) is 2.45. The molecule has 0 atom stereocenters. The van der Waals surface area contributed by atoms with Gasteiger partial charge in [0.25, 0.3) is 0 Å². The minimum absolute atomic E-state index is 0.175. The van der Waals surface area contributed by atoms with Gasteiger partial charge in [-0.1, -0.05) is 0 Å². The number of hydrogen-bond acceptors (Lipinski definition) is 3. The summed E-state index contributed by atoms with van der Waals surface area (Å²) in [6, 6.07) is 1.74. The zero-order chi connectivity index (χ0) is 13.0. The molecule has 88 valence electrons. The molecule has 0 fully saturated rings. The lowest BCUT2D eigenvalue weighted by atomic mass is 10.5. The molecular formula is C10H12I2N2O2. The molecule has 0 radical (unpaired) electrons. The van der Waals surface area contributed by atoms with Gasteiger partial charge in [0.2, 0.25) is 0 Å². The van der Waals surface area contributed by atoms with Crippen molar-refractivity contribution in [2.45, 2.75) is 13.8 Å². The van der Waals surface area contributed by atoms with E-state index in [4.69, 9.17) is 6.11 Å². The highest BCUT2D eigenvalue weighted by Gasteiger charge is 2.14. The monoisotopic (exact) mass is 447 g/mol. The van der Waals surface area contributed by atoms with Crippen LogP contribution in [0.25, 0.3) is 0 Å². The van der Waals surface area contributed by atoms with Crippen LogP contribution in [0.4, 0.5) is 4.79 Å². The lowest BCUT2D eigenvalue weighted by molar-refractivity contribution is 0.156. The third-order valence-electron chi connectivity index (χ3n) is 1.93. The number of hydrogen-bond donors (Lipinski definition) is 0. The van der Waals surface area contributed by atoms with Gasteiger partial charge in [-0.3, -0.25) is 0 Å². The summed E-state index contributed by atoms with van der Waals surface area (Å²) in [7, 11) is 0. The van der Waals surface area contributed by atoms with E-state index in [0.717, 1.165) is 0 Å². The maximum Gasteiger partial charge on any atom is 0.415 e. The van der Waals surface area contributed by atoms with Crippen LogP contribution >= 0.6 is 45.2 Å². The topological polar surface area (TPSA) is 42.4 Å². The SMILES string of the molecule is [2H]c1cc(I)nc(I)c1OC(=O)N(CC)CC. The van der Waals surface area contributed by atoms with Gasteiger partial charge in [-0.2, -0.15) is 0 Å². The van der Waals surface area contributed by atoms with Crippen molar-refractivity contribution in [3.05, 3.63) is 19.5 Å². The molecule has 0 unspecified atom stereocenters. The van der Waals surface area contributed by atoms with Crippen LogP contribution in [-0.4, -0.2) is 29.1 Å². The van der Waals surface area contributed by atoms with Gasteiger partial charge in [0.05, 0.1) is 1.37 Å². The van der Waals surface area contributed by atoms with E-state index >= 15 is 0 Å². The number of amides is 1. The summed E-state index contributed by atoms with van der Waals surface area (Å²) in [5, 5.41) is 0. The molecule has 0 aliphatic heterocycles. The van der Waals surface area contributed by atoms with E-state index in [1.165, 1.54) is 0 Å². The van der Waals surface area contributed by atoms with Gasteiger partial charge < -0.3 is 9.64 Å². The number of aromatic nitrogens is 1. The average molecular weight is 447 g/mol. The van der Waals surface area contributed by atoms with Crippen molar-refractivity contribution in [2.75, 3.05) is 13.1 Å². The van der Waals surface area contributed by atoms with Gasteiger partial charge in [-0.05, 0) is 71.1 Å². The van der Waals surface area contributed by atoms with Gasteiger partial charge in [0, 0.05) is 13.1 Å². The summed E-state index contributed by atoms with van der Waals surface area (Å²) >= 11 is 3.98. The molecule has 0 saturated carbocycles. The second-order valence-corrected chi connectivity index (χ2v) is 5.01. The van der Waals surface area contributed by atoms with E-state index in [-0.39, 0.29) is 11.8 Å². The highest BCUT2D eigenvalue weighted by Crippen LogP contribution is 2.20. The van der Waals surface area contributed by atoms with Gasteiger partial charge in [0.1, 0.15) is 7.40 Å². The van der Waals surface area contributed by atoms with Crippen molar-refractivity contribution in [3.8, 4) is 5.75 Å². The van der Waals surface area contributed by atoms with E-state index in [0.29, 0.717) is 20.5 Å². The first-order chi connectivity index (χ1) is 7.99. The fourth-order valence-electron chi connectivity index (χ4n) is 1.07. The highest BCUT2D eigenvalue weighted by molar-refractivity contribution is 14.1. The van der Waals surface area contributed by atoms with Crippen molar-refractivity contribution in [3.63, 3.8) is 0 Å². The maximum absolute atomic E-state index is 11.8. The molecule has 6 heteroatoms. The molecule has 0 aliphatic rings. The first kappa shape index (κ1) is 12.3. The fraction of sp³-hybridized carbons (Fsp3) is 0.400. The Labute approximate surface area is 123 Å². The molecule has 0 N–H and O–H groups in total. The molecular weight excluding hydrogens is 434 g/mol. The normalized spacial score (nSPS) is 10.9. The van der Waals surface area contributed by atoms with Crippen molar-refractivity contribution >= 4 is 51.3 Å².